The van der Waals surface area contributed by atoms with Crippen molar-refractivity contribution in [1.29, 1.82) is 0 Å². The van der Waals surface area contributed by atoms with E-state index < -0.39 is 0 Å². The molecule has 4 heteroatoms. The van der Waals surface area contributed by atoms with Crippen molar-refractivity contribution in [3.8, 4) is 0 Å². The summed E-state index contributed by atoms with van der Waals surface area (Å²) in [6.07, 6.45) is 9.33. The lowest BCUT2D eigenvalue weighted by Crippen LogP contribution is -2.48. The highest BCUT2D eigenvalue weighted by molar-refractivity contribution is 5.76. The van der Waals surface area contributed by atoms with Gasteiger partial charge in [-0.3, -0.25) is 4.79 Å². The van der Waals surface area contributed by atoms with Crippen LogP contribution in [0.25, 0.3) is 0 Å². The molecule has 0 radical (unpaired) electrons. The first-order valence-electron chi connectivity index (χ1n) is 8.28. The number of quaternary nitrogens is 1. The van der Waals surface area contributed by atoms with Crippen LogP contribution in [0.1, 0.15) is 46.0 Å². The maximum atomic E-state index is 12.2. The molecule has 0 aromatic heterocycles. The minimum absolute atomic E-state index is 0.194. The predicted molar refractivity (Wildman–Crippen MR) is 89.1 cm³/mol. The van der Waals surface area contributed by atoms with Gasteiger partial charge in [-0.1, -0.05) is 18.6 Å². The molecule has 0 aliphatic rings. The fourth-order valence-electron chi connectivity index (χ4n) is 2.27. The second kappa shape index (κ2) is 11.8. The predicted octanol–water partition coefficient (Wildman–Crippen LogP) is 2.43. The molecule has 0 spiro atoms. The number of amides is 1. The van der Waals surface area contributed by atoms with E-state index in [-0.39, 0.29) is 12.5 Å². The third-order valence-electron chi connectivity index (χ3n) is 3.91. The van der Waals surface area contributed by atoms with Crippen LogP contribution in [0.5, 0.6) is 0 Å². The van der Waals surface area contributed by atoms with Gasteiger partial charge in [0, 0.05) is 13.0 Å². The van der Waals surface area contributed by atoms with Crippen molar-refractivity contribution >= 4 is 5.91 Å². The van der Waals surface area contributed by atoms with E-state index in [9.17, 15) is 4.79 Å². The first-order chi connectivity index (χ1) is 9.96. The number of hydrogen-bond acceptors (Lipinski definition) is 2. The van der Waals surface area contributed by atoms with E-state index in [0.717, 1.165) is 49.9 Å². The van der Waals surface area contributed by atoms with Gasteiger partial charge in [0.15, 0.2) is 0 Å². The molecule has 0 rings (SSSR count). The van der Waals surface area contributed by atoms with Crippen LogP contribution in [-0.2, 0) is 4.79 Å². The quantitative estimate of drug-likeness (QED) is 0.341. The second-order valence-corrected chi connectivity index (χ2v) is 6.25. The van der Waals surface area contributed by atoms with Crippen molar-refractivity contribution in [1.82, 2.24) is 4.90 Å². The second-order valence-electron chi connectivity index (χ2n) is 6.25. The average Bonchev–Trinajstić information content (AvgIpc) is 2.43. The molecule has 0 saturated carbocycles. The fraction of sp³-hybridized carbons (Fsp3) is 0.824. The Bertz CT molecular complexity index is 301. The molecule has 0 unspecified atom stereocenters. The summed E-state index contributed by atoms with van der Waals surface area (Å²) in [6.45, 7) is 7.45. The van der Waals surface area contributed by atoms with Gasteiger partial charge in [-0.2, -0.15) is 0 Å². The standard InChI is InChI=1S/C17H35N2O2/c1-5-7-8-9-10-11-12-17(21)18(6-2)13-14-19(3,4)15-16-20/h5,7,20H,6,8-16H2,1-4H3/q+1/b7-5+. The Morgan fingerprint density at radius 2 is 1.90 bits per heavy atom. The van der Waals surface area contributed by atoms with Crippen LogP contribution in [-0.4, -0.2) is 67.3 Å². The number of carbonyl (C=O) groups excluding carboxylic acids is 1. The molecule has 1 amide bonds. The van der Waals surface area contributed by atoms with E-state index in [4.69, 9.17) is 5.11 Å². The minimum Gasteiger partial charge on any atom is -0.391 e. The van der Waals surface area contributed by atoms with Gasteiger partial charge in [-0.15, -0.1) is 0 Å². The van der Waals surface area contributed by atoms with Gasteiger partial charge in [0.05, 0.1) is 33.8 Å². The molecule has 0 aromatic carbocycles. The zero-order valence-electron chi connectivity index (χ0n) is 14.5. The summed E-state index contributed by atoms with van der Waals surface area (Å²) in [6, 6.07) is 0. The Hall–Kier alpha value is -0.870. The zero-order chi connectivity index (χ0) is 16.1. The van der Waals surface area contributed by atoms with Gasteiger partial charge >= 0.3 is 0 Å². The van der Waals surface area contributed by atoms with E-state index in [2.05, 4.69) is 26.2 Å². The summed E-state index contributed by atoms with van der Waals surface area (Å²) in [5.74, 6) is 0.271. The van der Waals surface area contributed by atoms with Gasteiger partial charge in [0.1, 0.15) is 6.54 Å². The van der Waals surface area contributed by atoms with Gasteiger partial charge in [-0.05, 0) is 33.1 Å². The molecule has 0 fully saturated rings. The molecular weight excluding hydrogens is 264 g/mol. The molecular formula is C17H35N2O2+. The third-order valence-corrected chi connectivity index (χ3v) is 3.91. The van der Waals surface area contributed by atoms with E-state index in [1.807, 2.05) is 18.7 Å². The number of carbonyl (C=O) groups is 1. The van der Waals surface area contributed by atoms with Gasteiger partial charge in [0.2, 0.25) is 5.91 Å². The summed E-state index contributed by atoms with van der Waals surface area (Å²) in [4.78, 5) is 14.1. The van der Waals surface area contributed by atoms with E-state index in [1.54, 1.807) is 0 Å². The van der Waals surface area contributed by atoms with Crippen molar-refractivity contribution in [3.63, 3.8) is 0 Å². The third kappa shape index (κ3) is 10.5. The van der Waals surface area contributed by atoms with Crippen LogP contribution in [0.3, 0.4) is 0 Å². The van der Waals surface area contributed by atoms with Crippen LogP contribution in [0, 0.1) is 0 Å². The molecule has 124 valence electrons. The van der Waals surface area contributed by atoms with Crippen LogP contribution in [0.2, 0.25) is 0 Å². The Morgan fingerprint density at radius 1 is 1.19 bits per heavy atom. The molecule has 21 heavy (non-hydrogen) atoms. The number of hydrogen-bond donors (Lipinski definition) is 1. The number of aliphatic hydroxyl groups excluding tert-OH is 1. The van der Waals surface area contributed by atoms with Crippen LogP contribution in [0.4, 0.5) is 0 Å². The first kappa shape index (κ1) is 20.1. The van der Waals surface area contributed by atoms with Crippen molar-refractivity contribution in [2.45, 2.75) is 46.0 Å². The largest absolute Gasteiger partial charge is 0.391 e. The highest BCUT2D eigenvalue weighted by Gasteiger charge is 2.18. The van der Waals surface area contributed by atoms with Crippen LogP contribution in [0.15, 0.2) is 12.2 Å². The summed E-state index contributed by atoms with van der Waals surface area (Å²) < 4.78 is 0.754. The molecule has 0 saturated heterocycles. The Balaban J connectivity index is 3.96. The van der Waals surface area contributed by atoms with Gasteiger partial charge in [-0.25, -0.2) is 0 Å². The number of aliphatic hydroxyl groups is 1. The molecule has 0 atom stereocenters. The molecule has 0 heterocycles. The fourth-order valence-corrected chi connectivity index (χ4v) is 2.27. The zero-order valence-corrected chi connectivity index (χ0v) is 14.5. The maximum Gasteiger partial charge on any atom is 0.222 e. The summed E-state index contributed by atoms with van der Waals surface area (Å²) in [5, 5.41) is 9.04. The number of rotatable bonds is 12. The normalized spacial score (nSPS) is 12.0. The van der Waals surface area contributed by atoms with Gasteiger partial charge < -0.3 is 14.5 Å². The number of allylic oxidation sites excluding steroid dienone is 2. The Kier molecular flexibility index (Phi) is 11.3. The topological polar surface area (TPSA) is 40.5 Å². The lowest BCUT2D eigenvalue weighted by atomic mass is 10.1. The molecule has 1 N–H and O–H groups in total. The first-order valence-corrected chi connectivity index (χ1v) is 8.28. The number of likely N-dealkylation sites (N-methyl/N-ethyl adjacent to an activating group) is 2. The molecule has 4 nitrogen and oxygen atoms in total. The van der Waals surface area contributed by atoms with Crippen molar-refractivity contribution < 1.29 is 14.4 Å². The van der Waals surface area contributed by atoms with Crippen molar-refractivity contribution in [3.05, 3.63) is 12.2 Å². The molecule has 0 aliphatic heterocycles. The van der Waals surface area contributed by atoms with Gasteiger partial charge in [0.25, 0.3) is 0 Å². The monoisotopic (exact) mass is 299 g/mol. The van der Waals surface area contributed by atoms with E-state index >= 15 is 0 Å². The minimum atomic E-state index is 0.194. The van der Waals surface area contributed by atoms with E-state index in [1.165, 1.54) is 6.42 Å². The highest BCUT2D eigenvalue weighted by atomic mass is 16.3. The lowest BCUT2D eigenvalue weighted by Gasteiger charge is -2.32. The molecule has 0 bridgehead atoms. The lowest BCUT2D eigenvalue weighted by molar-refractivity contribution is -0.890. The summed E-state index contributed by atoms with van der Waals surface area (Å²) >= 11 is 0. The number of unbranched alkanes of at least 4 members (excludes halogenated alkanes) is 3. The van der Waals surface area contributed by atoms with Crippen LogP contribution < -0.4 is 0 Å². The van der Waals surface area contributed by atoms with Crippen molar-refractivity contribution in [2.75, 3.05) is 46.9 Å². The number of nitrogens with zero attached hydrogens (tertiary/aromatic N) is 2. The van der Waals surface area contributed by atoms with Crippen molar-refractivity contribution in [2.24, 2.45) is 0 Å². The molecule has 0 aromatic rings. The summed E-state index contributed by atoms with van der Waals surface area (Å²) in [7, 11) is 4.19. The van der Waals surface area contributed by atoms with E-state index in [0.29, 0.717) is 6.42 Å². The Morgan fingerprint density at radius 3 is 2.48 bits per heavy atom. The maximum absolute atomic E-state index is 12.2. The highest BCUT2D eigenvalue weighted by Crippen LogP contribution is 2.07. The summed E-state index contributed by atoms with van der Waals surface area (Å²) in [5.41, 5.74) is 0. The Labute approximate surface area is 131 Å². The van der Waals surface area contributed by atoms with Crippen LogP contribution >= 0.6 is 0 Å². The average molecular weight is 299 g/mol. The molecule has 0 aliphatic carbocycles. The smallest absolute Gasteiger partial charge is 0.222 e. The SMILES string of the molecule is C/C=C/CCCCCC(=O)N(CC)CC[N+](C)(C)CCO.